The molecule has 0 bridgehead atoms. The number of amides is 2. The molecule has 0 unspecified atom stereocenters. The fraction of sp³-hybridized carbons (Fsp3) is 0.400. The van der Waals surface area contributed by atoms with Gasteiger partial charge in [-0.25, -0.2) is 4.79 Å². The van der Waals surface area contributed by atoms with Gasteiger partial charge >= 0.3 is 6.03 Å². The number of nitrogens with one attached hydrogen (secondary N) is 2. The topological polar surface area (TPSA) is 61.4 Å². The van der Waals surface area contributed by atoms with Crippen LogP contribution in [0.3, 0.4) is 0 Å². The van der Waals surface area contributed by atoms with Crippen LogP contribution in [-0.2, 0) is 0 Å². The van der Waals surface area contributed by atoms with Crippen LogP contribution >= 0.6 is 0 Å². The Bertz CT molecular complexity index is 519. The lowest BCUT2D eigenvalue weighted by Gasteiger charge is -2.21. The molecule has 1 aromatic rings. The molecule has 102 valence electrons. The van der Waals surface area contributed by atoms with E-state index in [1.807, 2.05) is 39.8 Å². The number of aliphatic hydroxyl groups is 1. The number of carbonyl (C=O) groups is 1. The van der Waals surface area contributed by atoms with E-state index in [0.717, 1.165) is 5.56 Å². The van der Waals surface area contributed by atoms with E-state index in [0.29, 0.717) is 11.3 Å². The van der Waals surface area contributed by atoms with E-state index in [1.54, 1.807) is 6.07 Å². The van der Waals surface area contributed by atoms with Gasteiger partial charge in [0, 0.05) is 11.1 Å². The summed E-state index contributed by atoms with van der Waals surface area (Å²) in [7, 11) is 0. The highest BCUT2D eigenvalue weighted by atomic mass is 16.2. The van der Waals surface area contributed by atoms with E-state index in [1.165, 1.54) is 0 Å². The third-order valence-corrected chi connectivity index (χ3v) is 2.21. The van der Waals surface area contributed by atoms with Crippen molar-refractivity contribution in [3.8, 4) is 11.8 Å². The van der Waals surface area contributed by atoms with Crippen molar-refractivity contribution in [1.29, 1.82) is 0 Å². The molecule has 4 heteroatoms. The van der Waals surface area contributed by atoms with Gasteiger partial charge < -0.3 is 15.7 Å². The molecule has 0 aromatic heterocycles. The average Bonchev–Trinajstić information content (AvgIpc) is 2.27. The summed E-state index contributed by atoms with van der Waals surface area (Å²) in [5, 5.41) is 14.3. The number of benzene rings is 1. The van der Waals surface area contributed by atoms with Crippen LogP contribution < -0.4 is 10.6 Å². The zero-order chi connectivity index (χ0) is 14.5. The number of anilines is 1. The summed E-state index contributed by atoms with van der Waals surface area (Å²) < 4.78 is 0. The molecule has 0 aliphatic carbocycles. The van der Waals surface area contributed by atoms with Crippen LogP contribution in [0.4, 0.5) is 10.5 Å². The maximum atomic E-state index is 11.8. The standard InChI is InChI=1S/C15H20N2O2/c1-11-7-8-13(12(10-11)6-5-9-18)16-14(19)17-15(2,3)4/h7-8,10,18H,9H2,1-4H3,(H2,16,17,19). The lowest BCUT2D eigenvalue weighted by atomic mass is 10.1. The predicted octanol–water partition coefficient (Wildman–Crippen LogP) is 2.26. The summed E-state index contributed by atoms with van der Waals surface area (Å²) in [4.78, 5) is 11.8. The molecule has 0 atom stereocenters. The van der Waals surface area contributed by atoms with Crippen LogP contribution in [0, 0.1) is 18.8 Å². The van der Waals surface area contributed by atoms with E-state index in [2.05, 4.69) is 22.5 Å². The zero-order valence-electron chi connectivity index (χ0n) is 11.8. The minimum Gasteiger partial charge on any atom is -0.384 e. The summed E-state index contributed by atoms with van der Waals surface area (Å²) in [6.07, 6.45) is 0. The fourth-order valence-corrected chi connectivity index (χ4v) is 1.50. The monoisotopic (exact) mass is 260 g/mol. The second-order valence-corrected chi connectivity index (χ2v) is 5.34. The molecule has 0 saturated carbocycles. The SMILES string of the molecule is Cc1ccc(NC(=O)NC(C)(C)C)c(C#CCO)c1. The van der Waals surface area contributed by atoms with Crippen LogP contribution in [0.15, 0.2) is 18.2 Å². The van der Waals surface area contributed by atoms with Crippen molar-refractivity contribution in [3.05, 3.63) is 29.3 Å². The molecule has 2 amide bonds. The molecule has 3 N–H and O–H groups in total. The summed E-state index contributed by atoms with van der Waals surface area (Å²) in [5.74, 6) is 5.42. The number of hydrogen-bond donors (Lipinski definition) is 3. The predicted molar refractivity (Wildman–Crippen MR) is 77.1 cm³/mol. The van der Waals surface area contributed by atoms with Crippen molar-refractivity contribution >= 4 is 11.7 Å². The fourth-order valence-electron chi connectivity index (χ4n) is 1.50. The van der Waals surface area contributed by atoms with Crippen LogP contribution in [-0.4, -0.2) is 23.3 Å². The highest BCUT2D eigenvalue weighted by Crippen LogP contribution is 2.16. The van der Waals surface area contributed by atoms with Crippen LogP contribution in [0.25, 0.3) is 0 Å². The maximum Gasteiger partial charge on any atom is 0.319 e. The van der Waals surface area contributed by atoms with Gasteiger partial charge in [0.2, 0.25) is 0 Å². The molecule has 1 aromatic carbocycles. The highest BCUT2D eigenvalue weighted by molar-refractivity contribution is 5.91. The summed E-state index contributed by atoms with van der Waals surface area (Å²) in [5.41, 5.74) is 2.07. The molecule has 0 radical (unpaired) electrons. The third-order valence-electron chi connectivity index (χ3n) is 2.21. The van der Waals surface area contributed by atoms with E-state index in [-0.39, 0.29) is 18.2 Å². The lowest BCUT2D eigenvalue weighted by molar-refractivity contribution is 0.244. The molecule has 0 fully saturated rings. The van der Waals surface area contributed by atoms with Gasteiger partial charge in [-0.1, -0.05) is 17.9 Å². The van der Waals surface area contributed by atoms with Crippen molar-refractivity contribution < 1.29 is 9.90 Å². The molecule has 4 nitrogen and oxygen atoms in total. The minimum absolute atomic E-state index is 0.207. The molecule has 0 saturated heterocycles. The smallest absolute Gasteiger partial charge is 0.319 e. The van der Waals surface area contributed by atoms with Gasteiger partial charge in [-0.2, -0.15) is 0 Å². The minimum atomic E-state index is -0.300. The van der Waals surface area contributed by atoms with Gasteiger partial charge in [-0.3, -0.25) is 0 Å². The molecule has 0 aliphatic heterocycles. The van der Waals surface area contributed by atoms with E-state index >= 15 is 0 Å². The summed E-state index contributed by atoms with van der Waals surface area (Å²) in [6.45, 7) is 7.47. The molecule has 0 aliphatic rings. The van der Waals surface area contributed by atoms with E-state index < -0.39 is 0 Å². The largest absolute Gasteiger partial charge is 0.384 e. The Balaban J connectivity index is 2.91. The first kappa shape index (κ1) is 15.1. The Morgan fingerprint density at radius 1 is 1.37 bits per heavy atom. The zero-order valence-corrected chi connectivity index (χ0v) is 11.8. The maximum absolute atomic E-state index is 11.8. The van der Waals surface area contributed by atoms with Crippen molar-refractivity contribution in [2.45, 2.75) is 33.2 Å². The Morgan fingerprint density at radius 2 is 2.05 bits per heavy atom. The number of urea groups is 1. The normalized spacial score (nSPS) is 10.4. The second kappa shape index (κ2) is 6.26. The van der Waals surface area contributed by atoms with E-state index in [9.17, 15) is 4.79 Å². The Kier molecular flexibility index (Phi) is 4.96. The van der Waals surface area contributed by atoms with Crippen molar-refractivity contribution in [3.63, 3.8) is 0 Å². The quantitative estimate of drug-likeness (QED) is 0.678. The Labute approximate surface area is 114 Å². The van der Waals surface area contributed by atoms with Gasteiger partial charge in [-0.15, -0.1) is 0 Å². The molecule has 19 heavy (non-hydrogen) atoms. The Morgan fingerprint density at radius 3 is 2.63 bits per heavy atom. The first-order valence-electron chi connectivity index (χ1n) is 6.11. The van der Waals surface area contributed by atoms with Crippen molar-refractivity contribution in [1.82, 2.24) is 5.32 Å². The van der Waals surface area contributed by atoms with Crippen LogP contribution in [0.1, 0.15) is 31.9 Å². The van der Waals surface area contributed by atoms with E-state index in [4.69, 9.17) is 5.11 Å². The average molecular weight is 260 g/mol. The van der Waals surface area contributed by atoms with Gasteiger partial charge in [0.05, 0.1) is 5.69 Å². The first-order chi connectivity index (χ1) is 8.81. The van der Waals surface area contributed by atoms with Gasteiger partial charge in [0.15, 0.2) is 0 Å². The number of aliphatic hydroxyl groups excluding tert-OH is 1. The number of rotatable bonds is 1. The van der Waals surface area contributed by atoms with Crippen LogP contribution in [0.5, 0.6) is 0 Å². The van der Waals surface area contributed by atoms with Gasteiger partial charge in [0.25, 0.3) is 0 Å². The first-order valence-corrected chi connectivity index (χ1v) is 6.11. The lowest BCUT2D eigenvalue weighted by Crippen LogP contribution is -2.43. The molecular formula is C15H20N2O2. The second-order valence-electron chi connectivity index (χ2n) is 5.34. The highest BCUT2D eigenvalue weighted by Gasteiger charge is 2.14. The van der Waals surface area contributed by atoms with Crippen molar-refractivity contribution in [2.75, 3.05) is 11.9 Å². The molecule has 0 spiro atoms. The molecule has 1 rings (SSSR count). The summed E-state index contributed by atoms with van der Waals surface area (Å²) >= 11 is 0. The number of carbonyl (C=O) groups excluding carboxylic acids is 1. The summed E-state index contributed by atoms with van der Waals surface area (Å²) in [6, 6.07) is 5.30. The number of hydrogen-bond acceptors (Lipinski definition) is 2. The van der Waals surface area contributed by atoms with Gasteiger partial charge in [-0.05, 0) is 45.4 Å². The third kappa shape index (κ3) is 5.45. The number of aryl methyl sites for hydroxylation is 1. The molecular weight excluding hydrogens is 240 g/mol. The van der Waals surface area contributed by atoms with Crippen LogP contribution in [0.2, 0.25) is 0 Å². The van der Waals surface area contributed by atoms with Crippen molar-refractivity contribution in [2.24, 2.45) is 0 Å². The molecule has 0 heterocycles. The van der Waals surface area contributed by atoms with Gasteiger partial charge in [0.1, 0.15) is 6.61 Å². The Hall–Kier alpha value is -1.99.